The third-order valence-corrected chi connectivity index (χ3v) is 5.60. The molecule has 1 aliphatic heterocycles. The van der Waals surface area contributed by atoms with Gasteiger partial charge in [0.15, 0.2) is 11.6 Å². The Morgan fingerprint density at radius 2 is 1.96 bits per heavy atom. The molecule has 1 aromatic carbocycles. The molecule has 1 fully saturated rings. The van der Waals surface area contributed by atoms with Crippen LogP contribution in [0, 0.1) is 0 Å². The highest BCUT2D eigenvalue weighted by Crippen LogP contribution is 2.29. The first-order valence-electron chi connectivity index (χ1n) is 9.60. The summed E-state index contributed by atoms with van der Waals surface area (Å²) in [7, 11) is 0. The lowest BCUT2D eigenvalue weighted by atomic mass is 9.88. The minimum absolute atomic E-state index is 0.0979. The van der Waals surface area contributed by atoms with E-state index >= 15 is 0 Å². The Bertz CT molecular complexity index is 746. The summed E-state index contributed by atoms with van der Waals surface area (Å²) < 4.78 is 5.77. The average Bonchev–Trinajstić information content (AvgIpc) is 3.14. The highest BCUT2D eigenvalue weighted by atomic mass is 16.5. The van der Waals surface area contributed by atoms with Gasteiger partial charge in [-0.3, -0.25) is 9.59 Å². The Hall–Kier alpha value is -2.00. The first-order chi connectivity index (χ1) is 12.5. The monoisotopic (exact) mass is 352 g/mol. The highest BCUT2D eigenvalue weighted by molar-refractivity contribution is 6.01. The molecule has 0 N–H and O–H groups in total. The summed E-state index contributed by atoms with van der Waals surface area (Å²) in [5.41, 5.74) is 4.86. The molecule has 138 valence electrons. The van der Waals surface area contributed by atoms with Crippen molar-refractivity contribution in [2.45, 2.75) is 64.9 Å². The van der Waals surface area contributed by atoms with Crippen LogP contribution in [0.25, 0.3) is 0 Å². The van der Waals surface area contributed by atoms with Gasteiger partial charge in [-0.2, -0.15) is 0 Å². The second kappa shape index (κ2) is 8.13. The normalized spacial score (nSPS) is 21.7. The molecule has 1 saturated heterocycles. The van der Waals surface area contributed by atoms with Gasteiger partial charge in [0, 0.05) is 30.9 Å². The predicted molar refractivity (Wildman–Crippen MR) is 103 cm³/mol. The fourth-order valence-corrected chi connectivity index (χ4v) is 3.99. The summed E-state index contributed by atoms with van der Waals surface area (Å²) in [6.07, 6.45) is 5.99. The van der Waals surface area contributed by atoms with Crippen LogP contribution in [-0.2, 0) is 9.53 Å². The number of hydrogen-bond acceptors (Lipinski definition) is 3. The molecule has 2 aliphatic rings. The second-order valence-corrected chi connectivity index (χ2v) is 7.64. The van der Waals surface area contributed by atoms with E-state index in [9.17, 15) is 9.59 Å². The lowest BCUT2D eigenvalue weighted by molar-refractivity contribution is -0.115. The minimum atomic E-state index is 0.0979. The smallest absolute Gasteiger partial charge is 0.163 e. The first-order valence-corrected chi connectivity index (χ1v) is 9.60. The van der Waals surface area contributed by atoms with Crippen LogP contribution in [0.4, 0.5) is 0 Å². The molecule has 2 unspecified atom stereocenters. The zero-order chi connectivity index (χ0) is 18.7. The fraction of sp³-hybridized carbons (Fsp3) is 0.478. The molecule has 2 atom stereocenters. The zero-order valence-corrected chi connectivity index (χ0v) is 16.0. The number of ketones is 2. The topological polar surface area (TPSA) is 43.4 Å². The van der Waals surface area contributed by atoms with E-state index in [-0.39, 0.29) is 11.6 Å². The summed E-state index contributed by atoms with van der Waals surface area (Å²) >= 11 is 0. The molecule has 1 aliphatic carbocycles. The van der Waals surface area contributed by atoms with Crippen molar-refractivity contribution in [2.24, 2.45) is 0 Å². The molecule has 1 aromatic rings. The Labute approximate surface area is 156 Å². The van der Waals surface area contributed by atoms with Crippen molar-refractivity contribution in [1.82, 2.24) is 0 Å². The number of allylic oxidation sites excluding steroid dienone is 4. The molecule has 0 amide bonds. The van der Waals surface area contributed by atoms with Crippen LogP contribution >= 0.6 is 0 Å². The molecule has 3 heteroatoms. The van der Waals surface area contributed by atoms with Crippen molar-refractivity contribution in [2.75, 3.05) is 6.61 Å². The van der Waals surface area contributed by atoms with Crippen molar-refractivity contribution in [1.29, 1.82) is 0 Å². The molecule has 3 nitrogen and oxygen atoms in total. The van der Waals surface area contributed by atoms with Crippen LogP contribution < -0.4 is 0 Å². The van der Waals surface area contributed by atoms with Gasteiger partial charge in [-0.1, -0.05) is 42.8 Å². The lowest BCUT2D eigenvalue weighted by Crippen LogP contribution is -2.15. The maximum absolute atomic E-state index is 12.5. The Morgan fingerprint density at radius 1 is 1.23 bits per heavy atom. The third kappa shape index (κ3) is 4.21. The van der Waals surface area contributed by atoms with E-state index in [4.69, 9.17) is 4.74 Å². The van der Waals surface area contributed by atoms with E-state index < -0.39 is 0 Å². The van der Waals surface area contributed by atoms with Gasteiger partial charge >= 0.3 is 0 Å². The van der Waals surface area contributed by atoms with Crippen LogP contribution in [0.5, 0.6) is 0 Å². The number of hydrogen-bond donors (Lipinski definition) is 0. The maximum Gasteiger partial charge on any atom is 0.163 e. The first kappa shape index (κ1) is 18.8. The highest BCUT2D eigenvalue weighted by Gasteiger charge is 2.24. The molecule has 0 bridgehead atoms. The van der Waals surface area contributed by atoms with Crippen molar-refractivity contribution < 1.29 is 14.3 Å². The van der Waals surface area contributed by atoms with E-state index in [1.165, 1.54) is 5.56 Å². The molecule has 0 spiro atoms. The minimum Gasteiger partial charge on any atom is -0.378 e. The van der Waals surface area contributed by atoms with E-state index in [1.54, 1.807) is 0 Å². The number of Topliss-reactive ketones (excluding diaryl/α,β-unsaturated/α-hetero) is 2. The van der Waals surface area contributed by atoms with Gasteiger partial charge in [-0.15, -0.1) is 0 Å². The zero-order valence-electron chi connectivity index (χ0n) is 16.0. The SMILES string of the molecule is CC1=CC(C)=C(CCC(=O)c2ccc(C(C)C3CCCO3)cc2)C(=O)C1. The van der Waals surface area contributed by atoms with Gasteiger partial charge in [0.1, 0.15) is 0 Å². The molecule has 0 aromatic heterocycles. The van der Waals surface area contributed by atoms with Gasteiger partial charge in [0.25, 0.3) is 0 Å². The maximum atomic E-state index is 12.5. The number of carbonyl (C=O) groups excluding carboxylic acids is 2. The number of benzene rings is 1. The second-order valence-electron chi connectivity index (χ2n) is 7.64. The fourth-order valence-electron chi connectivity index (χ4n) is 3.99. The Morgan fingerprint density at radius 3 is 2.58 bits per heavy atom. The standard InChI is InChI=1S/C23H28O3/c1-15-13-16(2)20(22(25)14-15)10-11-21(24)19-8-6-18(7-9-19)17(3)23-5-4-12-26-23/h6-9,13,17,23H,4-5,10-12,14H2,1-3H3. The van der Waals surface area contributed by atoms with Gasteiger partial charge in [0.2, 0.25) is 0 Å². The number of ether oxygens (including phenoxy) is 1. The average molecular weight is 352 g/mol. The van der Waals surface area contributed by atoms with Crippen molar-refractivity contribution >= 4 is 11.6 Å². The van der Waals surface area contributed by atoms with Crippen LogP contribution in [0.2, 0.25) is 0 Å². The number of carbonyl (C=O) groups is 2. The summed E-state index contributed by atoms with van der Waals surface area (Å²) in [5, 5.41) is 0. The Kier molecular flexibility index (Phi) is 5.87. The predicted octanol–water partition coefficient (Wildman–Crippen LogP) is 5.17. The largest absolute Gasteiger partial charge is 0.378 e. The summed E-state index contributed by atoms with van der Waals surface area (Å²) in [5.74, 6) is 0.612. The van der Waals surface area contributed by atoms with Crippen LogP contribution in [0.15, 0.2) is 47.1 Å². The van der Waals surface area contributed by atoms with Gasteiger partial charge in [-0.25, -0.2) is 0 Å². The van der Waals surface area contributed by atoms with Crippen LogP contribution in [0.3, 0.4) is 0 Å². The van der Waals surface area contributed by atoms with E-state index in [2.05, 4.69) is 13.0 Å². The molecule has 26 heavy (non-hydrogen) atoms. The lowest BCUT2D eigenvalue weighted by Gasteiger charge is -2.19. The van der Waals surface area contributed by atoms with Gasteiger partial charge in [-0.05, 0) is 49.8 Å². The molecule has 3 rings (SSSR count). The van der Waals surface area contributed by atoms with Crippen molar-refractivity contribution in [3.63, 3.8) is 0 Å². The van der Waals surface area contributed by atoms with Gasteiger partial charge < -0.3 is 4.74 Å². The van der Waals surface area contributed by atoms with Crippen LogP contribution in [-0.4, -0.2) is 24.3 Å². The van der Waals surface area contributed by atoms with Gasteiger partial charge in [0.05, 0.1) is 6.10 Å². The van der Waals surface area contributed by atoms with E-state index in [0.29, 0.717) is 31.3 Å². The molecule has 0 saturated carbocycles. The van der Waals surface area contributed by atoms with Crippen molar-refractivity contribution in [3.05, 3.63) is 58.2 Å². The molecular weight excluding hydrogens is 324 g/mol. The quantitative estimate of drug-likeness (QED) is 0.664. The molecule has 0 radical (unpaired) electrons. The van der Waals surface area contributed by atoms with E-state index in [1.807, 2.05) is 38.1 Å². The third-order valence-electron chi connectivity index (χ3n) is 5.60. The van der Waals surface area contributed by atoms with E-state index in [0.717, 1.165) is 41.7 Å². The summed E-state index contributed by atoms with van der Waals surface area (Å²) in [4.78, 5) is 24.7. The van der Waals surface area contributed by atoms with Crippen LogP contribution in [0.1, 0.15) is 74.7 Å². The molecule has 1 heterocycles. The summed E-state index contributed by atoms with van der Waals surface area (Å²) in [6.45, 7) is 6.98. The number of rotatable bonds is 6. The Balaban J connectivity index is 1.61. The summed E-state index contributed by atoms with van der Waals surface area (Å²) in [6, 6.07) is 7.91. The molecular formula is C23H28O3. The van der Waals surface area contributed by atoms with Crippen molar-refractivity contribution in [3.8, 4) is 0 Å².